The number of hydrogen-bond donors (Lipinski definition) is 0. The molecule has 0 aliphatic rings. The Bertz CT molecular complexity index is 3320. The van der Waals surface area contributed by atoms with Gasteiger partial charge in [-0.2, -0.15) is 5.26 Å². The smallest absolute Gasteiger partial charge is 0.162 e. The van der Waals surface area contributed by atoms with Crippen molar-refractivity contribution in [1.29, 1.82) is 5.26 Å². The van der Waals surface area contributed by atoms with E-state index in [1.807, 2.05) is 72.8 Å². The molecule has 0 atom stereocenters. The molecule has 0 spiro atoms. The van der Waals surface area contributed by atoms with Crippen LogP contribution in [0, 0.1) is 11.3 Å². The minimum atomic E-state index is 0.431. The van der Waals surface area contributed by atoms with Crippen LogP contribution in [-0.2, 0) is 0 Å². The van der Waals surface area contributed by atoms with Gasteiger partial charge in [-0.3, -0.25) is 0 Å². The fourth-order valence-corrected chi connectivity index (χ4v) is 8.51. The molecule has 3 aromatic heterocycles. The molecule has 8 aromatic carbocycles. The van der Waals surface area contributed by atoms with E-state index in [9.17, 15) is 5.26 Å². The summed E-state index contributed by atoms with van der Waals surface area (Å²) in [5.41, 5.74) is 13.0. The Morgan fingerprint density at radius 3 is 1.55 bits per heavy atom. The Morgan fingerprint density at radius 2 is 0.914 bits per heavy atom. The first kappa shape index (κ1) is 33.3. The molecule has 0 fully saturated rings. The van der Waals surface area contributed by atoms with E-state index in [1.54, 1.807) is 0 Å². The van der Waals surface area contributed by atoms with Gasteiger partial charge in [0.15, 0.2) is 5.82 Å². The van der Waals surface area contributed by atoms with Crippen molar-refractivity contribution in [2.75, 3.05) is 0 Å². The van der Waals surface area contributed by atoms with Gasteiger partial charge >= 0.3 is 0 Å². The quantitative estimate of drug-likeness (QED) is 0.170. The molecule has 0 saturated carbocycles. The molecule has 0 N–H and O–H groups in total. The topological polar surface area (TPSA) is 67.6 Å². The van der Waals surface area contributed by atoms with Crippen LogP contribution >= 0.6 is 0 Å². The maximum Gasteiger partial charge on any atom is 0.162 e. The van der Waals surface area contributed by atoms with Crippen molar-refractivity contribution in [1.82, 2.24) is 14.5 Å². The van der Waals surface area contributed by atoms with Crippen LogP contribution in [0.2, 0.25) is 0 Å². The second-order valence-electron chi connectivity index (χ2n) is 14.4. The minimum Gasteiger partial charge on any atom is -0.455 e. The summed E-state index contributed by atoms with van der Waals surface area (Å²) in [6, 6.07) is 68.9. The second-order valence-corrected chi connectivity index (χ2v) is 14.4. The zero-order chi connectivity index (χ0) is 38.6. The number of para-hydroxylation sites is 3. The highest BCUT2D eigenvalue weighted by atomic mass is 16.3. The Morgan fingerprint density at radius 1 is 0.414 bits per heavy atom. The van der Waals surface area contributed by atoms with Crippen molar-refractivity contribution in [2.45, 2.75) is 0 Å². The van der Waals surface area contributed by atoms with Crippen LogP contribution in [0.4, 0.5) is 0 Å². The zero-order valence-electron chi connectivity index (χ0n) is 31.2. The molecular formula is C53H32N4O. The first-order valence-electron chi connectivity index (χ1n) is 19.3. The predicted molar refractivity (Wildman–Crippen MR) is 236 cm³/mol. The summed E-state index contributed by atoms with van der Waals surface area (Å²) in [5, 5.41) is 14.9. The number of fused-ring (bicyclic) bond motifs is 7. The SMILES string of the molecule is N#Cc1c(-c2ccccc2)nc(-c2cccc(-c3ccccc3)c2-n2c3ccccc3c3c4oc5c(-c6ccccc6)cccc5c4ccc32)nc1-c1ccccc1. The molecule has 11 aromatic rings. The molecule has 11 rings (SSSR count). The van der Waals surface area contributed by atoms with Gasteiger partial charge in [0.2, 0.25) is 0 Å². The van der Waals surface area contributed by atoms with E-state index in [4.69, 9.17) is 14.4 Å². The first-order chi connectivity index (χ1) is 28.8. The van der Waals surface area contributed by atoms with Crippen LogP contribution in [-0.4, -0.2) is 14.5 Å². The molecule has 3 heterocycles. The summed E-state index contributed by atoms with van der Waals surface area (Å²) in [5.74, 6) is 0.521. The normalized spacial score (nSPS) is 11.4. The number of nitriles is 1. The van der Waals surface area contributed by atoms with E-state index in [0.29, 0.717) is 22.8 Å². The minimum absolute atomic E-state index is 0.431. The lowest BCUT2D eigenvalue weighted by Crippen LogP contribution is -2.05. The lowest BCUT2D eigenvalue weighted by atomic mass is 9.97. The molecule has 0 radical (unpaired) electrons. The Balaban J connectivity index is 1.26. The van der Waals surface area contributed by atoms with Gasteiger partial charge in [-0.1, -0.05) is 170 Å². The molecule has 0 unspecified atom stereocenters. The van der Waals surface area contributed by atoms with Gasteiger partial charge in [0.05, 0.1) is 33.5 Å². The lowest BCUT2D eigenvalue weighted by molar-refractivity contribution is 0.674. The molecule has 0 saturated heterocycles. The predicted octanol–water partition coefficient (Wildman–Crippen LogP) is 13.7. The van der Waals surface area contributed by atoms with E-state index < -0.39 is 0 Å². The van der Waals surface area contributed by atoms with Crippen LogP contribution in [0.25, 0.3) is 106 Å². The molecule has 5 nitrogen and oxygen atoms in total. The zero-order valence-corrected chi connectivity index (χ0v) is 31.2. The molecular weight excluding hydrogens is 709 g/mol. The highest BCUT2D eigenvalue weighted by molar-refractivity contribution is 6.25. The van der Waals surface area contributed by atoms with Crippen molar-refractivity contribution >= 4 is 43.7 Å². The third kappa shape index (κ3) is 5.24. The fraction of sp³-hybridized carbons (Fsp3) is 0. The van der Waals surface area contributed by atoms with Crippen molar-refractivity contribution in [3.8, 4) is 67.9 Å². The number of aromatic nitrogens is 3. The molecule has 270 valence electrons. The number of furan rings is 1. The van der Waals surface area contributed by atoms with Crippen LogP contribution in [0.5, 0.6) is 0 Å². The number of rotatable bonds is 6. The summed E-state index contributed by atoms with van der Waals surface area (Å²) in [4.78, 5) is 10.6. The average molecular weight is 741 g/mol. The third-order valence-electron chi connectivity index (χ3n) is 11.1. The maximum absolute atomic E-state index is 10.7. The van der Waals surface area contributed by atoms with Crippen molar-refractivity contribution in [3.05, 3.63) is 200 Å². The molecule has 0 aliphatic heterocycles. The first-order valence-corrected chi connectivity index (χ1v) is 19.3. The Kier molecular flexibility index (Phi) is 7.80. The van der Waals surface area contributed by atoms with Crippen molar-refractivity contribution in [2.24, 2.45) is 0 Å². The van der Waals surface area contributed by atoms with Crippen LogP contribution in [0.3, 0.4) is 0 Å². The molecule has 0 amide bonds. The van der Waals surface area contributed by atoms with Gasteiger partial charge in [-0.05, 0) is 35.4 Å². The second kappa shape index (κ2) is 13.6. The van der Waals surface area contributed by atoms with Gasteiger partial charge < -0.3 is 8.98 Å². The van der Waals surface area contributed by atoms with E-state index in [-0.39, 0.29) is 0 Å². The van der Waals surface area contributed by atoms with Gasteiger partial charge in [-0.25, -0.2) is 9.97 Å². The van der Waals surface area contributed by atoms with E-state index in [0.717, 1.165) is 88.4 Å². The standard InChI is InChI=1S/C53H32N4O/c54-33-44-48(36-21-9-3-10-22-36)55-53(56-49(44)37-23-11-4-12-24-37)43-29-15-26-38(34-17-5-1-6-18-34)50(43)57-45-30-14-13-25-42(45)47-46(57)32-31-41-40-28-16-27-39(51(40)58-52(41)47)35-19-7-2-8-20-35/h1-32H. The van der Waals surface area contributed by atoms with Gasteiger partial charge in [0, 0.05) is 44.0 Å². The van der Waals surface area contributed by atoms with Crippen molar-refractivity contribution < 1.29 is 4.42 Å². The van der Waals surface area contributed by atoms with Crippen molar-refractivity contribution in [3.63, 3.8) is 0 Å². The summed E-state index contributed by atoms with van der Waals surface area (Å²) >= 11 is 0. The van der Waals surface area contributed by atoms with E-state index in [1.165, 1.54) is 0 Å². The van der Waals surface area contributed by atoms with E-state index in [2.05, 4.69) is 132 Å². The summed E-state index contributed by atoms with van der Waals surface area (Å²) in [6.45, 7) is 0. The van der Waals surface area contributed by atoms with Gasteiger partial charge in [0.1, 0.15) is 22.8 Å². The molecule has 0 bridgehead atoms. The van der Waals surface area contributed by atoms with Crippen LogP contribution in [0.15, 0.2) is 199 Å². The monoisotopic (exact) mass is 740 g/mol. The van der Waals surface area contributed by atoms with Gasteiger partial charge in [0.25, 0.3) is 0 Å². The highest BCUT2D eigenvalue weighted by Gasteiger charge is 2.26. The maximum atomic E-state index is 10.7. The molecule has 0 aliphatic carbocycles. The lowest BCUT2D eigenvalue weighted by Gasteiger charge is -2.19. The fourth-order valence-electron chi connectivity index (χ4n) is 8.51. The number of nitrogens with zero attached hydrogens (tertiary/aromatic N) is 4. The molecule has 5 heteroatoms. The summed E-state index contributed by atoms with van der Waals surface area (Å²) in [6.07, 6.45) is 0. The number of benzene rings is 8. The summed E-state index contributed by atoms with van der Waals surface area (Å²) < 4.78 is 9.37. The van der Waals surface area contributed by atoms with Crippen LogP contribution < -0.4 is 0 Å². The highest BCUT2D eigenvalue weighted by Crippen LogP contribution is 2.46. The number of hydrogen-bond acceptors (Lipinski definition) is 4. The molecule has 58 heavy (non-hydrogen) atoms. The Hall–Kier alpha value is -8.07. The van der Waals surface area contributed by atoms with Crippen LogP contribution in [0.1, 0.15) is 5.56 Å². The largest absolute Gasteiger partial charge is 0.455 e. The van der Waals surface area contributed by atoms with E-state index >= 15 is 0 Å². The summed E-state index contributed by atoms with van der Waals surface area (Å²) in [7, 11) is 0. The third-order valence-corrected chi connectivity index (χ3v) is 11.1. The van der Waals surface area contributed by atoms with Gasteiger partial charge in [-0.15, -0.1) is 0 Å². The average Bonchev–Trinajstić information content (AvgIpc) is 3.85. The Labute approximate surface area is 334 Å².